The predicted molar refractivity (Wildman–Crippen MR) is 158 cm³/mol. The Morgan fingerprint density at radius 3 is 2.73 bits per heavy atom. The van der Waals surface area contributed by atoms with Crippen LogP contribution in [0.25, 0.3) is 6.08 Å². The van der Waals surface area contributed by atoms with Gasteiger partial charge in [-0.25, -0.2) is 9.79 Å². The van der Waals surface area contributed by atoms with Crippen molar-refractivity contribution in [1.29, 1.82) is 0 Å². The molecule has 3 aromatic rings. The first kappa shape index (κ1) is 29.8. The molecule has 0 aliphatic carbocycles. The molecule has 1 aliphatic rings. The van der Waals surface area contributed by atoms with Gasteiger partial charge in [-0.2, -0.15) is 0 Å². The summed E-state index contributed by atoms with van der Waals surface area (Å²) >= 11 is 4.41. The Morgan fingerprint density at radius 2 is 2.07 bits per heavy atom. The minimum atomic E-state index is -0.872. The van der Waals surface area contributed by atoms with E-state index >= 15 is 0 Å². The van der Waals surface area contributed by atoms with Crippen molar-refractivity contribution in [3.63, 3.8) is 0 Å². The molecule has 10 nitrogen and oxygen atoms in total. The lowest BCUT2D eigenvalue weighted by molar-refractivity contribution is -0.385. The Bertz CT molecular complexity index is 1780. The summed E-state index contributed by atoms with van der Waals surface area (Å²) in [6.45, 7) is 7.16. The first-order valence-electron chi connectivity index (χ1n) is 12.6. The van der Waals surface area contributed by atoms with Crippen molar-refractivity contribution in [3.8, 4) is 23.8 Å². The highest BCUT2D eigenvalue weighted by atomic mass is 79.9. The van der Waals surface area contributed by atoms with Gasteiger partial charge in [0.25, 0.3) is 5.56 Å². The van der Waals surface area contributed by atoms with Crippen LogP contribution in [0, 0.1) is 22.5 Å². The molecule has 0 radical (unpaired) electrons. The molecule has 0 unspecified atom stereocenters. The number of carbonyl (C=O) groups excluding carboxylic acids is 1. The molecule has 1 aliphatic heterocycles. The smallest absolute Gasteiger partial charge is 0.338 e. The monoisotopic (exact) mass is 639 g/mol. The quantitative estimate of drug-likeness (QED) is 0.148. The molecule has 0 spiro atoms. The third-order valence-electron chi connectivity index (χ3n) is 5.93. The minimum absolute atomic E-state index is 0.0111. The van der Waals surface area contributed by atoms with E-state index < -0.39 is 22.5 Å². The number of allylic oxidation sites excluding steroid dienone is 1. The lowest BCUT2D eigenvalue weighted by Gasteiger charge is -2.26. The molecule has 0 saturated carbocycles. The number of nitrogens with zero attached hydrogens (tertiary/aromatic N) is 3. The van der Waals surface area contributed by atoms with E-state index in [9.17, 15) is 19.7 Å². The number of para-hydroxylation sites is 1. The normalized spacial score (nSPS) is 14.8. The van der Waals surface area contributed by atoms with Gasteiger partial charge in [-0.3, -0.25) is 19.5 Å². The molecule has 1 atom stereocenters. The van der Waals surface area contributed by atoms with Crippen LogP contribution in [-0.2, 0) is 9.53 Å². The summed E-state index contributed by atoms with van der Waals surface area (Å²) in [5.74, 6) is 2.20. The molecule has 0 N–H and O–H groups in total. The average Bonchev–Trinajstić information content (AvgIpc) is 3.21. The fraction of sp³-hybridized carbons (Fsp3) is 0.276. The van der Waals surface area contributed by atoms with Gasteiger partial charge < -0.3 is 14.2 Å². The molecular weight excluding hydrogens is 614 g/mol. The van der Waals surface area contributed by atoms with Gasteiger partial charge in [0.1, 0.15) is 18.4 Å². The number of benzene rings is 2. The lowest BCUT2D eigenvalue weighted by atomic mass is 9.95. The largest absolute Gasteiger partial charge is 0.491 e. The number of carbonyl (C=O) groups is 1. The number of halogens is 1. The van der Waals surface area contributed by atoms with E-state index in [1.807, 2.05) is 19.9 Å². The van der Waals surface area contributed by atoms with Crippen LogP contribution < -0.4 is 24.4 Å². The van der Waals surface area contributed by atoms with Crippen LogP contribution in [0.3, 0.4) is 0 Å². The van der Waals surface area contributed by atoms with Crippen molar-refractivity contribution in [1.82, 2.24) is 4.57 Å². The Labute approximate surface area is 247 Å². The fourth-order valence-electron chi connectivity index (χ4n) is 4.38. The molecule has 0 saturated heterocycles. The second-order valence-corrected chi connectivity index (χ2v) is 11.0. The summed E-state index contributed by atoms with van der Waals surface area (Å²) in [6, 6.07) is 9.21. The number of ether oxygens (including phenoxy) is 3. The molecule has 0 amide bonds. The van der Waals surface area contributed by atoms with Crippen molar-refractivity contribution in [2.24, 2.45) is 4.99 Å². The number of rotatable bonds is 9. The van der Waals surface area contributed by atoms with Crippen LogP contribution in [0.4, 0.5) is 5.69 Å². The zero-order valence-corrected chi connectivity index (χ0v) is 25.1. The zero-order chi connectivity index (χ0) is 29.8. The van der Waals surface area contributed by atoms with Crippen LogP contribution in [0.1, 0.15) is 44.9 Å². The van der Waals surface area contributed by atoms with Crippen LogP contribution in [0.2, 0.25) is 0 Å². The number of aromatic nitrogens is 1. The summed E-state index contributed by atoms with van der Waals surface area (Å²) in [7, 11) is 0. The van der Waals surface area contributed by atoms with Crippen molar-refractivity contribution in [2.45, 2.75) is 39.8 Å². The SMILES string of the molecule is C#CCOc1c(Br)cc(/C=c2\sc3n(c2=O)[C@H](c2ccccc2OC(C)C)C(C(=O)OCC)=C(C)N=3)cc1[N+](=O)[O-]. The third-order valence-corrected chi connectivity index (χ3v) is 7.51. The number of hydrogen-bond donors (Lipinski definition) is 0. The Balaban J connectivity index is 1.96. The van der Waals surface area contributed by atoms with Gasteiger partial charge in [0.05, 0.1) is 37.9 Å². The average molecular weight is 641 g/mol. The topological polar surface area (TPSA) is 122 Å². The third kappa shape index (κ3) is 6.11. The van der Waals surface area contributed by atoms with E-state index in [1.165, 1.54) is 16.7 Å². The summed E-state index contributed by atoms with van der Waals surface area (Å²) < 4.78 is 18.8. The maximum Gasteiger partial charge on any atom is 0.338 e. The van der Waals surface area contributed by atoms with Crippen molar-refractivity contribution < 1.29 is 23.9 Å². The minimum Gasteiger partial charge on any atom is -0.491 e. The van der Waals surface area contributed by atoms with Gasteiger partial charge in [0.2, 0.25) is 5.75 Å². The van der Waals surface area contributed by atoms with E-state index in [0.717, 1.165) is 11.3 Å². The van der Waals surface area contributed by atoms with Crippen LogP contribution >= 0.6 is 27.3 Å². The maximum absolute atomic E-state index is 14.0. The summed E-state index contributed by atoms with van der Waals surface area (Å²) in [5, 5.41) is 11.8. The summed E-state index contributed by atoms with van der Waals surface area (Å²) in [4.78, 5) is 43.3. The zero-order valence-electron chi connectivity index (χ0n) is 22.7. The molecule has 212 valence electrons. The Hall–Kier alpha value is -4.21. The Morgan fingerprint density at radius 1 is 1.34 bits per heavy atom. The van der Waals surface area contributed by atoms with Crippen molar-refractivity contribution in [3.05, 3.63) is 93.1 Å². The van der Waals surface area contributed by atoms with E-state index in [1.54, 1.807) is 38.1 Å². The van der Waals surface area contributed by atoms with Gasteiger partial charge in [0, 0.05) is 11.6 Å². The van der Waals surface area contributed by atoms with Gasteiger partial charge in [0.15, 0.2) is 4.80 Å². The molecule has 0 bridgehead atoms. The van der Waals surface area contributed by atoms with E-state index in [4.69, 9.17) is 20.6 Å². The van der Waals surface area contributed by atoms with Crippen LogP contribution in [0.5, 0.6) is 11.5 Å². The molecule has 1 aromatic heterocycles. The predicted octanol–water partition coefficient (Wildman–Crippen LogP) is 4.27. The van der Waals surface area contributed by atoms with Gasteiger partial charge in [-0.1, -0.05) is 35.5 Å². The van der Waals surface area contributed by atoms with Gasteiger partial charge in [-0.15, -0.1) is 6.42 Å². The number of esters is 1. The second kappa shape index (κ2) is 12.5. The fourth-order valence-corrected chi connectivity index (χ4v) is 6.01. The summed E-state index contributed by atoms with van der Waals surface area (Å²) in [5.41, 5.74) is 0.862. The molecule has 2 aromatic carbocycles. The van der Waals surface area contributed by atoms with Crippen molar-refractivity contribution >= 4 is 45.0 Å². The second-order valence-electron chi connectivity index (χ2n) is 9.11. The number of hydrogen-bond acceptors (Lipinski definition) is 9. The molecule has 4 rings (SSSR count). The highest BCUT2D eigenvalue weighted by molar-refractivity contribution is 9.10. The number of thiazole rings is 1. The Kier molecular flexibility index (Phi) is 9.10. The van der Waals surface area contributed by atoms with E-state index in [2.05, 4.69) is 26.8 Å². The first-order chi connectivity index (χ1) is 19.6. The highest BCUT2D eigenvalue weighted by Crippen LogP contribution is 2.38. The molecule has 2 heterocycles. The first-order valence-corrected chi connectivity index (χ1v) is 14.2. The molecular formula is C29H26BrN3O7S. The summed E-state index contributed by atoms with van der Waals surface area (Å²) in [6.07, 6.45) is 6.61. The number of terminal acetylenes is 1. The molecule has 12 heteroatoms. The number of fused-ring (bicyclic) bond motifs is 1. The van der Waals surface area contributed by atoms with Gasteiger partial charge >= 0.3 is 11.7 Å². The molecule has 0 fully saturated rings. The number of nitro groups is 1. The molecule has 41 heavy (non-hydrogen) atoms. The maximum atomic E-state index is 14.0. The van der Waals surface area contributed by atoms with E-state index in [-0.39, 0.29) is 40.9 Å². The van der Waals surface area contributed by atoms with E-state index in [0.29, 0.717) is 31.8 Å². The lowest BCUT2D eigenvalue weighted by Crippen LogP contribution is -2.40. The number of nitro benzene ring substituents is 1. The highest BCUT2D eigenvalue weighted by Gasteiger charge is 2.35. The van der Waals surface area contributed by atoms with Crippen molar-refractivity contribution in [2.75, 3.05) is 13.2 Å². The van der Waals surface area contributed by atoms with Crippen LogP contribution in [-0.4, -0.2) is 34.8 Å². The standard InChI is InChI=1S/C29H26BrN3O7S/c1-6-12-39-26-20(30)13-18(14-21(26)33(36)37)15-23-27(34)32-25(19-10-8-9-11-22(19)40-16(3)4)24(28(35)38-7-2)17(5)31-29(32)41-23/h1,8-11,13-16,25H,7,12H2,2-5H3/b23-15-/t25-/m1/s1. The van der Waals surface area contributed by atoms with Crippen LogP contribution in [0.15, 0.2) is 61.9 Å². The van der Waals surface area contributed by atoms with Gasteiger partial charge in [-0.05, 0) is 67.4 Å².